The van der Waals surface area contributed by atoms with Crippen molar-refractivity contribution in [1.82, 2.24) is 19.7 Å². The van der Waals surface area contributed by atoms with E-state index in [1.165, 1.54) is 18.3 Å². The lowest BCUT2D eigenvalue weighted by Crippen LogP contribution is -2.08. The Morgan fingerprint density at radius 1 is 1.14 bits per heavy atom. The highest BCUT2D eigenvalue weighted by molar-refractivity contribution is 5.87. The number of benzene rings is 1. The maximum atomic E-state index is 14.3. The van der Waals surface area contributed by atoms with E-state index < -0.39 is 23.4 Å². The highest BCUT2D eigenvalue weighted by Crippen LogP contribution is 2.27. The molecule has 0 spiro atoms. The molecule has 1 unspecified atom stereocenters. The summed E-state index contributed by atoms with van der Waals surface area (Å²) in [6.07, 6.45) is 4.98. The van der Waals surface area contributed by atoms with Crippen LogP contribution in [0.3, 0.4) is 0 Å². The molecular weight excluding hydrogens is 381 g/mol. The molecule has 3 aromatic heterocycles. The summed E-state index contributed by atoms with van der Waals surface area (Å²) < 4.78 is 41.9. The van der Waals surface area contributed by atoms with Crippen LogP contribution in [0.25, 0.3) is 27.5 Å². The van der Waals surface area contributed by atoms with Crippen molar-refractivity contribution in [2.75, 3.05) is 13.1 Å². The number of imidazole rings is 1. The van der Waals surface area contributed by atoms with E-state index in [1.807, 2.05) is 0 Å². The van der Waals surface area contributed by atoms with Gasteiger partial charge in [-0.05, 0) is 55.1 Å². The van der Waals surface area contributed by atoms with Crippen molar-refractivity contribution in [3.05, 3.63) is 70.5 Å². The number of nitrogens with zero attached hydrogens (tertiary/aromatic N) is 2. The lowest BCUT2D eigenvalue weighted by molar-refractivity contribution is 0.361. The fraction of sp³-hybridized carbons (Fsp3) is 0.238. The van der Waals surface area contributed by atoms with E-state index in [4.69, 9.17) is 0 Å². The number of hydrogen-bond acceptors (Lipinski definition) is 3. The van der Waals surface area contributed by atoms with Crippen LogP contribution in [-0.4, -0.2) is 33.6 Å². The van der Waals surface area contributed by atoms with Crippen molar-refractivity contribution >= 4 is 16.4 Å². The Labute approximate surface area is 164 Å². The van der Waals surface area contributed by atoms with E-state index in [2.05, 4.69) is 15.3 Å². The molecule has 0 bridgehead atoms. The van der Waals surface area contributed by atoms with E-state index in [-0.39, 0.29) is 11.0 Å². The molecule has 4 aromatic rings. The minimum absolute atomic E-state index is 0.00345. The van der Waals surface area contributed by atoms with Crippen LogP contribution in [0.4, 0.5) is 13.2 Å². The van der Waals surface area contributed by atoms with Crippen molar-refractivity contribution < 1.29 is 13.2 Å². The molecule has 150 valence electrons. The van der Waals surface area contributed by atoms with Gasteiger partial charge in [0.25, 0.3) is 5.56 Å². The molecule has 1 aliphatic heterocycles. The van der Waals surface area contributed by atoms with Crippen LogP contribution in [0.2, 0.25) is 0 Å². The summed E-state index contributed by atoms with van der Waals surface area (Å²) in [5.74, 6) is -1.12. The average molecular weight is 400 g/mol. The molecule has 5 rings (SSSR count). The van der Waals surface area contributed by atoms with Gasteiger partial charge in [0.1, 0.15) is 12.0 Å². The Kier molecular flexibility index (Phi) is 5.10. The first kappa shape index (κ1) is 19.2. The summed E-state index contributed by atoms with van der Waals surface area (Å²) >= 11 is 0. The molecule has 29 heavy (non-hydrogen) atoms. The molecule has 0 amide bonds. The quantitative estimate of drug-likeness (QED) is 0.512. The fourth-order valence-corrected chi connectivity index (χ4v) is 3.40. The SMILES string of the molecule is Cc1cn2cc(-c3cc(F)c4c(=O)[nH]ccc4c3)cc(F)c2n1.FC1CCNC1. The maximum Gasteiger partial charge on any atom is 0.258 e. The lowest BCUT2D eigenvalue weighted by atomic mass is 10.0. The number of aryl methyl sites for hydroxylation is 1. The third-order valence-electron chi connectivity index (χ3n) is 4.79. The van der Waals surface area contributed by atoms with Gasteiger partial charge in [-0.15, -0.1) is 0 Å². The lowest BCUT2D eigenvalue weighted by Gasteiger charge is -2.07. The van der Waals surface area contributed by atoms with Crippen LogP contribution in [0.15, 0.2) is 47.7 Å². The number of fused-ring (bicyclic) bond motifs is 2. The van der Waals surface area contributed by atoms with Gasteiger partial charge in [0.15, 0.2) is 11.5 Å². The molecule has 1 aromatic carbocycles. The average Bonchev–Trinajstić information content (AvgIpc) is 3.30. The monoisotopic (exact) mass is 400 g/mol. The van der Waals surface area contributed by atoms with E-state index in [0.29, 0.717) is 35.2 Å². The zero-order valence-corrected chi connectivity index (χ0v) is 15.7. The predicted molar refractivity (Wildman–Crippen MR) is 106 cm³/mol. The summed E-state index contributed by atoms with van der Waals surface area (Å²) in [7, 11) is 0. The fourth-order valence-electron chi connectivity index (χ4n) is 3.40. The largest absolute Gasteiger partial charge is 0.328 e. The maximum absolute atomic E-state index is 14.3. The molecule has 0 saturated carbocycles. The number of aromatic amines is 1. The second kappa shape index (κ2) is 7.71. The van der Waals surface area contributed by atoms with Crippen molar-refractivity contribution in [3.63, 3.8) is 0 Å². The van der Waals surface area contributed by atoms with Crippen LogP contribution in [0, 0.1) is 18.6 Å². The zero-order chi connectivity index (χ0) is 20.5. The number of aromatic nitrogens is 3. The molecule has 1 saturated heterocycles. The topological polar surface area (TPSA) is 62.2 Å². The van der Waals surface area contributed by atoms with Crippen LogP contribution >= 0.6 is 0 Å². The van der Waals surface area contributed by atoms with Crippen molar-refractivity contribution in [1.29, 1.82) is 0 Å². The first-order chi connectivity index (χ1) is 13.9. The van der Waals surface area contributed by atoms with Crippen molar-refractivity contribution in [2.24, 2.45) is 0 Å². The molecule has 1 fully saturated rings. The van der Waals surface area contributed by atoms with Gasteiger partial charge in [-0.3, -0.25) is 4.79 Å². The normalized spacial score (nSPS) is 16.2. The summed E-state index contributed by atoms with van der Waals surface area (Å²) in [6, 6.07) is 5.83. The van der Waals surface area contributed by atoms with Gasteiger partial charge in [-0.1, -0.05) is 0 Å². The molecule has 5 nitrogen and oxygen atoms in total. The molecular formula is C21H19F3N4O. The summed E-state index contributed by atoms with van der Waals surface area (Å²) in [4.78, 5) is 18.2. The van der Waals surface area contributed by atoms with Gasteiger partial charge in [0.05, 0.1) is 11.1 Å². The molecule has 0 radical (unpaired) electrons. The second-order valence-electron chi connectivity index (χ2n) is 7.01. The molecule has 4 heterocycles. The van der Waals surface area contributed by atoms with Gasteiger partial charge in [-0.25, -0.2) is 18.2 Å². The van der Waals surface area contributed by atoms with E-state index >= 15 is 0 Å². The molecule has 0 aliphatic carbocycles. The molecule has 1 atom stereocenters. The Hall–Kier alpha value is -3.13. The standard InChI is InChI=1S/C17H11F2N3O.C4H8FN/c1-9-7-22-8-12(6-14(19)16(22)21-9)11-4-10-2-3-20-17(23)15(10)13(18)5-11;5-4-1-2-6-3-4/h2-8H,1H3,(H,20,23);4,6H,1-3H2. The molecule has 1 aliphatic rings. The first-order valence-corrected chi connectivity index (χ1v) is 9.23. The van der Waals surface area contributed by atoms with Gasteiger partial charge < -0.3 is 14.7 Å². The summed E-state index contributed by atoms with van der Waals surface area (Å²) in [5, 5.41) is 3.36. The van der Waals surface area contributed by atoms with Crippen LogP contribution in [0.5, 0.6) is 0 Å². The smallest absolute Gasteiger partial charge is 0.258 e. The Bertz CT molecular complexity index is 1240. The highest BCUT2D eigenvalue weighted by Gasteiger charge is 2.12. The Balaban J connectivity index is 0.000000294. The molecule has 2 N–H and O–H groups in total. The molecule has 8 heteroatoms. The Morgan fingerprint density at radius 2 is 1.93 bits per heavy atom. The van der Waals surface area contributed by atoms with Gasteiger partial charge >= 0.3 is 0 Å². The van der Waals surface area contributed by atoms with Crippen molar-refractivity contribution in [2.45, 2.75) is 19.5 Å². The minimum Gasteiger partial charge on any atom is -0.328 e. The number of pyridine rings is 2. The summed E-state index contributed by atoms with van der Waals surface area (Å²) in [5.41, 5.74) is 1.43. The van der Waals surface area contributed by atoms with Crippen LogP contribution in [-0.2, 0) is 0 Å². The van der Waals surface area contributed by atoms with Crippen LogP contribution < -0.4 is 10.9 Å². The third kappa shape index (κ3) is 3.88. The van der Waals surface area contributed by atoms with Gasteiger partial charge in [-0.2, -0.15) is 0 Å². The number of alkyl halides is 1. The second-order valence-corrected chi connectivity index (χ2v) is 7.01. The number of halogens is 3. The minimum atomic E-state index is -0.637. The first-order valence-electron chi connectivity index (χ1n) is 9.23. The third-order valence-corrected chi connectivity index (χ3v) is 4.79. The highest BCUT2D eigenvalue weighted by atomic mass is 19.1. The number of nitrogens with one attached hydrogen (secondary N) is 2. The zero-order valence-electron chi connectivity index (χ0n) is 15.7. The summed E-state index contributed by atoms with van der Waals surface area (Å²) in [6.45, 7) is 3.20. The van der Waals surface area contributed by atoms with Crippen LogP contribution in [0.1, 0.15) is 12.1 Å². The Morgan fingerprint density at radius 3 is 2.62 bits per heavy atom. The van der Waals surface area contributed by atoms with Gasteiger partial charge in [0.2, 0.25) is 0 Å². The van der Waals surface area contributed by atoms with E-state index in [0.717, 1.165) is 6.54 Å². The van der Waals surface area contributed by atoms with E-state index in [1.54, 1.807) is 35.9 Å². The number of rotatable bonds is 1. The van der Waals surface area contributed by atoms with Gasteiger partial charge in [0, 0.05) is 30.7 Å². The van der Waals surface area contributed by atoms with Crippen molar-refractivity contribution in [3.8, 4) is 11.1 Å². The van der Waals surface area contributed by atoms with E-state index in [9.17, 15) is 18.0 Å². The predicted octanol–water partition coefficient (Wildman–Crippen LogP) is 3.75. The number of hydrogen-bond donors (Lipinski definition) is 2. The number of H-pyrrole nitrogens is 1.